The van der Waals surface area contributed by atoms with Gasteiger partial charge in [-0.3, -0.25) is 9.80 Å². The number of morpholine rings is 1. The molecular formula is C18H26N8OS. The van der Waals surface area contributed by atoms with E-state index in [2.05, 4.69) is 37.6 Å². The lowest BCUT2D eigenvalue weighted by Gasteiger charge is -2.26. The van der Waals surface area contributed by atoms with Crippen LogP contribution in [0.25, 0.3) is 16.0 Å². The molecular weight excluding hydrogens is 376 g/mol. The van der Waals surface area contributed by atoms with Crippen LogP contribution in [0.2, 0.25) is 0 Å². The van der Waals surface area contributed by atoms with Gasteiger partial charge < -0.3 is 10.1 Å². The highest BCUT2D eigenvalue weighted by Crippen LogP contribution is 2.38. The molecule has 5 rings (SSSR count). The molecule has 1 fully saturated rings. The highest BCUT2D eigenvalue weighted by Gasteiger charge is 2.25. The molecule has 0 atom stereocenters. The maximum atomic E-state index is 5.43. The second-order valence-corrected chi connectivity index (χ2v) is 8.47. The van der Waals surface area contributed by atoms with E-state index in [4.69, 9.17) is 9.72 Å². The number of rotatable bonds is 6. The molecule has 0 spiro atoms. The normalized spacial score (nSPS) is 18.8. The van der Waals surface area contributed by atoms with Crippen LogP contribution in [0.1, 0.15) is 23.8 Å². The molecule has 0 aromatic carbocycles. The van der Waals surface area contributed by atoms with Crippen molar-refractivity contribution in [3.05, 3.63) is 10.4 Å². The van der Waals surface area contributed by atoms with Gasteiger partial charge >= 0.3 is 0 Å². The van der Waals surface area contributed by atoms with Gasteiger partial charge in [0.1, 0.15) is 10.6 Å². The minimum Gasteiger partial charge on any atom is -0.379 e. The fourth-order valence-corrected chi connectivity index (χ4v) is 5.44. The lowest BCUT2D eigenvalue weighted by Crippen LogP contribution is -2.37. The van der Waals surface area contributed by atoms with Crippen molar-refractivity contribution in [3.63, 3.8) is 0 Å². The molecule has 1 N–H and O–H groups in total. The van der Waals surface area contributed by atoms with E-state index in [1.165, 1.54) is 15.8 Å². The zero-order valence-electron chi connectivity index (χ0n) is 16.2. The monoisotopic (exact) mass is 402 g/mol. The van der Waals surface area contributed by atoms with Gasteiger partial charge in [0, 0.05) is 37.6 Å². The van der Waals surface area contributed by atoms with Crippen molar-refractivity contribution in [2.24, 2.45) is 0 Å². The summed E-state index contributed by atoms with van der Waals surface area (Å²) in [6, 6.07) is 0. The summed E-state index contributed by atoms with van der Waals surface area (Å²) in [4.78, 5) is 12.2. The van der Waals surface area contributed by atoms with Crippen LogP contribution in [0, 0.1) is 0 Å². The molecule has 0 saturated carbocycles. The molecule has 2 aliphatic heterocycles. The van der Waals surface area contributed by atoms with Crippen LogP contribution in [0.15, 0.2) is 0 Å². The average Bonchev–Trinajstić information content (AvgIpc) is 3.35. The Morgan fingerprint density at radius 3 is 2.93 bits per heavy atom. The van der Waals surface area contributed by atoms with Gasteiger partial charge in [0.05, 0.1) is 18.6 Å². The van der Waals surface area contributed by atoms with Gasteiger partial charge in [-0.2, -0.15) is 9.50 Å². The fraction of sp³-hybridized carbons (Fsp3) is 0.667. The number of nitrogens with one attached hydrogen (secondary N) is 1. The fourth-order valence-electron chi connectivity index (χ4n) is 4.11. The Kier molecular flexibility index (Phi) is 5.10. The Labute approximate surface area is 167 Å². The lowest BCUT2D eigenvalue weighted by molar-refractivity contribution is 0.0378. The van der Waals surface area contributed by atoms with Crippen molar-refractivity contribution >= 4 is 33.1 Å². The number of hydrogen-bond donors (Lipinski definition) is 1. The largest absolute Gasteiger partial charge is 0.379 e. The molecule has 1 saturated heterocycles. The number of nitrogens with zero attached hydrogens (tertiary/aromatic N) is 7. The first-order valence-electron chi connectivity index (χ1n) is 10.1. The summed E-state index contributed by atoms with van der Waals surface area (Å²) in [5, 5.41) is 16.9. The topological polar surface area (TPSA) is 83.7 Å². The van der Waals surface area contributed by atoms with Gasteiger partial charge in [-0.15, -0.1) is 11.3 Å². The van der Waals surface area contributed by atoms with E-state index in [1.807, 2.05) is 0 Å². The molecule has 0 aliphatic carbocycles. The van der Waals surface area contributed by atoms with Crippen molar-refractivity contribution in [1.29, 1.82) is 0 Å². The van der Waals surface area contributed by atoms with E-state index in [9.17, 15) is 0 Å². The van der Waals surface area contributed by atoms with Crippen molar-refractivity contribution in [2.45, 2.75) is 26.3 Å². The highest BCUT2D eigenvalue weighted by atomic mass is 32.1. The second-order valence-electron chi connectivity index (χ2n) is 7.39. The van der Waals surface area contributed by atoms with Gasteiger partial charge in [0.15, 0.2) is 0 Å². The first-order valence-corrected chi connectivity index (χ1v) is 10.9. The van der Waals surface area contributed by atoms with Crippen LogP contribution < -0.4 is 5.32 Å². The Morgan fingerprint density at radius 2 is 2.07 bits per heavy atom. The van der Waals surface area contributed by atoms with Crippen molar-refractivity contribution in [2.75, 3.05) is 57.8 Å². The molecule has 28 heavy (non-hydrogen) atoms. The molecule has 150 valence electrons. The van der Waals surface area contributed by atoms with E-state index >= 15 is 0 Å². The maximum Gasteiger partial charge on any atom is 0.276 e. The summed E-state index contributed by atoms with van der Waals surface area (Å²) >= 11 is 1.81. The summed E-state index contributed by atoms with van der Waals surface area (Å²) in [7, 11) is 0. The van der Waals surface area contributed by atoms with Crippen molar-refractivity contribution < 1.29 is 4.74 Å². The maximum absolute atomic E-state index is 5.43. The molecule has 0 radical (unpaired) electrons. The number of hydrogen-bond acceptors (Lipinski definition) is 9. The van der Waals surface area contributed by atoms with Gasteiger partial charge in [0.2, 0.25) is 0 Å². The Hall–Kier alpha value is -1.88. The molecule has 5 heterocycles. The van der Waals surface area contributed by atoms with Crippen molar-refractivity contribution in [1.82, 2.24) is 34.8 Å². The molecule has 2 aliphatic rings. The third-order valence-electron chi connectivity index (χ3n) is 5.71. The summed E-state index contributed by atoms with van der Waals surface area (Å²) in [5.74, 6) is 1.50. The molecule has 0 unspecified atom stereocenters. The number of likely N-dealkylation sites (N-methyl/N-ethyl adjacent to an activating group) is 1. The van der Waals surface area contributed by atoms with E-state index in [1.54, 1.807) is 15.9 Å². The van der Waals surface area contributed by atoms with Gasteiger partial charge in [0.25, 0.3) is 5.78 Å². The van der Waals surface area contributed by atoms with Crippen LogP contribution in [0.5, 0.6) is 0 Å². The lowest BCUT2D eigenvalue weighted by atomic mass is 10.0. The molecule has 0 amide bonds. The summed E-state index contributed by atoms with van der Waals surface area (Å²) in [6.45, 7) is 11.1. The third kappa shape index (κ3) is 3.34. The minimum atomic E-state index is 0.564. The Bertz CT molecular complexity index is 963. The van der Waals surface area contributed by atoms with Crippen molar-refractivity contribution in [3.8, 4) is 0 Å². The SMILES string of the molecule is CCN1CCc2c(sc3c2c(NCCCN2CCOCC2)nc2nnnn23)C1. The molecule has 3 aromatic rings. The zero-order chi connectivity index (χ0) is 18.9. The van der Waals surface area contributed by atoms with Crippen LogP contribution in [-0.4, -0.2) is 87.3 Å². The first-order chi connectivity index (χ1) is 13.8. The second kappa shape index (κ2) is 7.86. The van der Waals surface area contributed by atoms with Crippen LogP contribution >= 0.6 is 11.3 Å². The Morgan fingerprint density at radius 1 is 1.18 bits per heavy atom. The van der Waals surface area contributed by atoms with Crippen LogP contribution in [-0.2, 0) is 17.7 Å². The number of ether oxygens (including phenoxy) is 1. The molecule has 9 nitrogen and oxygen atoms in total. The number of anilines is 1. The zero-order valence-corrected chi connectivity index (χ0v) is 17.0. The van der Waals surface area contributed by atoms with Crippen LogP contribution in [0.4, 0.5) is 5.82 Å². The minimum absolute atomic E-state index is 0.564. The number of tetrazole rings is 1. The third-order valence-corrected chi connectivity index (χ3v) is 6.90. The summed E-state index contributed by atoms with van der Waals surface area (Å²) < 4.78 is 7.21. The smallest absolute Gasteiger partial charge is 0.276 e. The Balaban J connectivity index is 1.40. The number of thiophene rings is 1. The standard InChI is InChI=1S/C18H26N8OS/c1-2-24-7-4-13-14(12-24)28-17-15(13)16(20-18-21-22-23-26(17)18)19-5-3-6-25-8-10-27-11-9-25/h2-12H2,1H3,(H,19,20,21,23). The molecule has 0 bridgehead atoms. The predicted molar refractivity (Wildman–Crippen MR) is 109 cm³/mol. The van der Waals surface area contributed by atoms with E-state index in [-0.39, 0.29) is 0 Å². The van der Waals surface area contributed by atoms with E-state index in [0.717, 1.165) is 82.5 Å². The number of fused-ring (bicyclic) bond motifs is 5. The summed E-state index contributed by atoms with van der Waals surface area (Å²) in [5.41, 5.74) is 1.42. The summed E-state index contributed by atoms with van der Waals surface area (Å²) in [6.07, 6.45) is 2.14. The van der Waals surface area contributed by atoms with E-state index < -0.39 is 0 Å². The van der Waals surface area contributed by atoms with Gasteiger partial charge in [-0.05, 0) is 41.9 Å². The van der Waals surface area contributed by atoms with Gasteiger partial charge in [-0.25, -0.2) is 0 Å². The average molecular weight is 403 g/mol. The quantitative estimate of drug-likeness (QED) is 0.617. The van der Waals surface area contributed by atoms with Crippen LogP contribution in [0.3, 0.4) is 0 Å². The highest BCUT2D eigenvalue weighted by molar-refractivity contribution is 7.19. The van der Waals surface area contributed by atoms with Gasteiger partial charge in [-0.1, -0.05) is 12.0 Å². The molecule has 3 aromatic heterocycles. The first kappa shape index (κ1) is 18.2. The number of aromatic nitrogens is 5. The molecule has 10 heteroatoms. The van der Waals surface area contributed by atoms with E-state index in [0.29, 0.717) is 5.78 Å². The predicted octanol–water partition coefficient (Wildman–Crippen LogP) is 1.25.